The molecule has 0 atom stereocenters. The van der Waals surface area contributed by atoms with Crippen molar-refractivity contribution in [2.45, 2.75) is 26.2 Å². The van der Waals surface area contributed by atoms with Crippen LogP contribution >= 0.6 is 0 Å². The van der Waals surface area contributed by atoms with Crippen molar-refractivity contribution in [1.29, 1.82) is 0 Å². The highest BCUT2D eigenvalue weighted by Crippen LogP contribution is 2.26. The van der Waals surface area contributed by atoms with Crippen LogP contribution in [0, 0.1) is 0 Å². The van der Waals surface area contributed by atoms with E-state index in [0.717, 1.165) is 11.9 Å². The maximum atomic E-state index is 12.5. The van der Waals surface area contributed by atoms with Crippen molar-refractivity contribution in [1.82, 2.24) is 24.5 Å². The fourth-order valence-electron chi connectivity index (χ4n) is 2.64. The first-order valence-electron chi connectivity index (χ1n) is 9.49. The molecule has 3 rings (SSSR count). The van der Waals surface area contributed by atoms with Crippen LogP contribution in [0.1, 0.15) is 36.8 Å². The quantitative estimate of drug-likeness (QED) is 0.532. The van der Waals surface area contributed by atoms with E-state index in [2.05, 4.69) is 25.7 Å². The Hall–Kier alpha value is -3.80. The topological polar surface area (TPSA) is 148 Å². The van der Waals surface area contributed by atoms with E-state index in [1.807, 2.05) is 25.5 Å². The van der Waals surface area contributed by atoms with E-state index in [-0.39, 0.29) is 11.0 Å². The van der Waals surface area contributed by atoms with Crippen molar-refractivity contribution < 1.29 is 18.0 Å². The second-order valence-electron chi connectivity index (χ2n) is 8.00. The molecule has 3 aromatic rings. The molecule has 12 heteroatoms. The third kappa shape index (κ3) is 5.88. The summed E-state index contributed by atoms with van der Waals surface area (Å²) in [7, 11) is -3.67. The lowest BCUT2D eigenvalue weighted by atomic mass is 9.92. The summed E-state index contributed by atoms with van der Waals surface area (Å²) >= 11 is 0. The fourth-order valence-corrected chi connectivity index (χ4v) is 3.10. The molecule has 2 heterocycles. The minimum absolute atomic E-state index is 0.165. The molecule has 11 nitrogen and oxygen atoms in total. The van der Waals surface area contributed by atoms with Crippen molar-refractivity contribution in [3.63, 3.8) is 0 Å². The molecule has 0 aliphatic carbocycles. The highest BCUT2D eigenvalue weighted by atomic mass is 32.2. The number of carbonyl (C=O) groups excluding carboxylic acids is 2. The first-order chi connectivity index (χ1) is 14.9. The smallest absolute Gasteiger partial charge is 0.292 e. The molecule has 168 valence electrons. The number of amides is 3. The molecule has 0 saturated heterocycles. The number of benzene rings is 1. The zero-order valence-corrected chi connectivity index (χ0v) is 18.8. The summed E-state index contributed by atoms with van der Waals surface area (Å²) in [6, 6.07) is 8.93. The van der Waals surface area contributed by atoms with Crippen molar-refractivity contribution in [2.75, 3.05) is 16.9 Å². The van der Waals surface area contributed by atoms with Gasteiger partial charge in [-0.3, -0.25) is 15.4 Å². The predicted molar refractivity (Wildman–Crippen MR) is 119 cm³/mol. The number of rotatable bonds is 5. The Morgan fingerprint density at radius 3 is 2.28 bits per heavy atom. The monoisotopic (exact) mass is 457 g/mol. The largest absolute Gasteiger partial charge is 0.326 e. The molecule has 2 aromatic heterocycles. The number of hydrogen-bond donors (Lipinski definition) is 3. The van der Waals surface area contributed by atoms with E-state index in [0.29, 0.717) is 17.3 Å². The Kier molecular flexibility index (Phi) is 6.25. The number of urea groups is 1. The van der Waals surface area contributed by atoms with Crippen LogP contribution in [-0.4, -0.2) is 46.4 Å². The second-order valence-corrected chi connectivity index (χ2v) is 9.75. The normalized spacial score (nSPS) is 11.6. The maximum absolute atomic E-state index is 12.5. The van der Waals surface area contributed by atoms with Gasteiger partial charge < -0.3 is 0 Å². The van der Waals surface area contributed by atoms with Gasteiger partial charge in [-0.15, -0.1) is 0 Å². The lowest BCUT2D eigenvalue weighted by Crippen LogP contribution is -2.29. The van der Waals surface area contributed by atoms with Gasteiger partial charge in [-0.25, -0.2) is 32.6 Å². The number of nitrogens with zero attached hydrogens (tertiary/aromatic N) is 4. The van der Waals surface area contributed by atoms with Gasteiger partial charge in [0, 0.05) is 23.2 Å². The first kappa shape index (κ1) is 22.9. The van der Waals surface area contributed by atoms with Gasteiger partial charge in [-0.1, -0.05) is 20.8 Å². The third-order valence-electron chi connectivity index (χ3n) is 4.20. The Balaban J connectivity index is 1.89. The minimum Gasteiger partial charge on any atom is -0.292 e. The molecule has 0 fully saturated rings. The van der Waals surface area contributed by atoms with Crippen molar-refractivity contribution >= 4 is 33.6 Å². The molecule has 0 spiro atoms. The summed E-state index contributed by atoms with van der Waals surface area (Å²) in [5.74, 6) is -0.00635. The molecule has 0 bridgehead atoms. The Morgan fingerprint density at radius 2 is 1.72 bits per heavy atom. The van der Waals surface area contributed by atoms with Gasteiger partial charge in [0.15, 0.2) is 0 Å². The van der Waals surface area contributed by atoms with Crippen molar-refractivity contribution in [3.05, 3.63) is 60.2 Å². The molecular formula is C20H23N7O4S. The van der Waals surface area contributed by atoms with Crippen LogP contribution < -0.4 is 15.4 Å². The molecule has 3 amide bonds. The van der Waals surface area contributed by atoms with Crippen LogP contribution in [-0.2, 0) is 15.4 Å². The summed E-state index contributed by atoms with van der Waals surface area (Å²) < 4.78 is 26.0. The van der Waals surface area contributed by atoms with Crippen molar-refractivity contribution in [3.8, 4) is 5.69 Å². The molecule has 0 unspecified atom stereocenters. The highest BCUT2D eigenvalue weighted by Gasteiger charge is 2.22. The zero-order chi connectivity index (χ0) is 23.5. The van der Waals surface area contributed by atoms with E-state index in [4.69, 9.17) is 0 Å². The van der Waals surface area contributed by atoms with E-state index in [1.54, 1.807) is 24.3 Å². The lowest BCUT2D eigenvalue weighted by molar-refractivity contribution is 0.0981. The predicted octanol–water partition coefficient (Wildman–Crippen LogP) is 2.29. The Morgan fingerprint density at radius 1 is 1.03 bits per heavy atom. The number of carbonyl (C=O) groups is 2. The molecule has 0 saturated carbocycles. The van der Waals surface area contributed by atoms with Gasteiger partial charge in [0.1, 0.15) is 18.0 Å². The standard InChI is InChI=1S/C20H23N7O4S/c1-20(2,3)15-11-17(24-19(29)23-16-9-10-21-12-22-16)27(25-15)14-7-5-13(6-8-14)18(28)26-32(4,30)31/h5-12H,1-4H3,(H,26,28)(H2,21,22,23,24,29). The zero-order valence-electron chi connectivity index (χ0n) is 17.9. The van der Waals surface area contributed by atoms with Crippen LogP contribution in [0.15, 0.2) is 48.9 Å². The maximum Gasteiger partial charge on any atom is 0.326 e. The number of hydrogen-bond acceptors (Lipinski definition) is 7. The Bertz CT molecular complexity index is 1230. The van der Waals surface area contributed by atoms with Gasteiger partial charge in [0.05, 0.1) is 17.6 Å². The average molecular weight is 458 g/mol. The number of anilines is 2. The summed E-state index contributed by atoms with van der Waals surface area (Å²) in [6.07, 6.45) is 3.73. The molecule has 0 radical (unpaired) electrons. The molecule has 1 aromatic carbocycles. The fraction of sp³-hybridized carbons (Fsp3) is 0.250. The van der Waals surface area contributed by atoms with Gasteiger partial charge >= 0.3 is 6.03 Å². The van der Waals surface area contributed by atoms with Gasteiger partial charge in [-0.2, -0.15) is 5.10 Å². The van der Waals surface area contributed by atoms with E-state index < -0.39 is 22.0 Å². The van der Waals surface area contributed by atoms with E-state index >= 15 is 0 Å². The van der Waals surface area contributed by atoms with E-state index in [1.165, 1.54) is 29.3 Å². The number of nitrogens with one attached hydrogen (secondary N) is 3. The average Bonchev–Trinajstić information content (AvgIpc) is 3.11. The highest BCUT2D eigenvalue weighted by molar-refractivity contribution is 7.89. The molecule has 32 heavy (non-hydrogen) atoms. The molecule has 0 aliphatic heterocycles. The summed E-state index contributed by atoms with van der Waals surface area (Å²) in [5.41, 5.74) is 1.17. The lowest BCUT2D eigenvalue weighted by Gasteiger charge is -2.14. The molecule has 0 aliphatic rings. The van der Waals surface area contributed by atoms with Crippen LogP contribution in [0.2, 0.25) is 0 Å². The summed E-state index contributed by atoms with van der Waals surface area (Å²) in [6.45, 7) is 5.97. The second kappa shape index (κ2) is 8.75. The summed E-state index contributed by atoms with van der Waals surface area (Å²) in [5, 5.41) is 9.96. The summed E-state index contributed by atoms with van der Waals surface area (Å²) in [4.78, 5) is 32.3. The molecular weight excluding hydrogens is 434 g/mol. The number of aromatic nitrogens is 4. The van der Waals surface area contributed by atoms with Gasteiger partial charge in [-0.05, 0) is 30.3 Å². The van der Waals surface area contributed by atoms with Crippen LogP contribution in [0.5, 0.6) is 0 Å². The van der Waals surface area contributed by atoms with Crippen LogP contribution in [0.25, 0.3) is 5.69 Å². The minimum atomic E-state index is -3.67. The first-order valence-corrected chi connectivity index (χ1v) is 11.4. The SMILES string of the molecule is CC(C)(C)c1cc(NC(=O)Nc2ccncn2)n(-c2ccc(C(=O)NS(C)(=O)=O)cc2)n1. The van der Waals surface area contributed by atoms with E-state index in [9.17, 15) is 18.0 Å². The third-order valence-corrected chi connectivity index (χ3v) is 4.75. The Labute approximate surface area is 185 Å². The molecule has 3 N–H and O–H groups in total. The van der Waals surface area contributed by atoms with Crippen LogP contribution in [0.3, 0.4) is 0 Å². The van der Waals surface area contributed by atoms with Gasteiger partial charge in [0.25, 0.3) is 5.91 Å². The van der Waals surface area contributed by atoms with Gasteiger partial charge in [0.2, 0.25) is 10.0 Å². The van der Waals surface area contributed by atoms with Crippen LogP contribution in [0.4, 0.5) is 16.4 Å². The van der Waals surface area contributed by atoms with Crippen molar-refractivity contribution in [2.24, 2.45) is 0 Å². The number of sulfonamides is 1.